The van der Waals surface area contributed by atoms with Crippen LogP contribution in [0.1, 0.15) is 10.4 Å². The molecule has 0 aliphatic carbocycles. The number of nitrogens with zero attached hydrogens (tertiary/aromatic N) is 1. The van der Waals surface area contributed by atoms with Crippen molar-refractivity contribution in [3.05, 3.63) is 71.2 Å². The van der Waals surface area contributed by atoms with Gasteiger partial charge in [0.05, 0.1) is 24.8 Å². The molecule has 0 aliphatic heterocycles. The number of oxazole rings is 1. The Morgan fingerprint density at radius 3 is 2.55 bits per heavy atom. The zero-order valence-electron chi connectivity index (χ0n) is 15.7. The minimum atomic E-state index is -0.281. The summed E-state index contributed by atoms with van der Waals surface area (Å²) in [6.45, 7) is 0. The smallest absolute Gasteiger partial charge is 0.255 e. The fraction of sp³-hybridized carbons (Fsp3) is 0.0909. The summed E-state index contributed by atoms with van der Waals surface area (Å²) in [7, 11) is 3.06. The molecule has 0 radical (unpaired) electrons. The van der Waals surface area contributed by atoms with Crippen molar-refractivity contribution in [3.8, 4) is 23.0 Å². The van der Waals surface area contributed by atoms with E-state index >= 15 is 0 Å². The van der Waals surface area contributed by atoms with Gasteiger partial charge in [0, 0.05) is 17.3 Å². The van der Waals surface area contributed by atoms with E-state index in [4.69, 9.17) is 25.5 Å². The second kappa shape index (κ2) is 7.85. The maximum Gasteiger partial charge on any atom is 0.255 e. The zero-order valence-corrected chi connectivity index (χ0v) is 16.5. The van der Waals surface area contributed by atoms with Crippen molar-refractivity contribution in [2.45, 2.75) is 0 Å². The van der Waals surface area contributed by atoms with Gasteiger partial charge in [-0.2, -0.15) is 0 Å². The van der Waals surface area contributed by atoms with E-state index in [0.717, 1.165) is 0 Å². The Morgan fingerprint density at radius 1 is 1.00 bits per heavy atom. The van der Waals surface area contributed by atoms with E-state index in [0.29, 0.717) is 50.3 Å². The molecule has 0 fully saturated rings. The first-order valence-corrected chi connectivity index (χ1v) is 9.15. The monoisotopic (exact) mass is 408 g/mol. The zero-order chi connectivity index (χ0) is 20.4. The van der Waals surface area contributed by atoms with Crippen molar-refractivity contribution >= 4 is 34.3 Å². The third kappa shape index (κ3) is 3.75. The van der Waals surface area contributed by atoms with Gasteiger partial charge < -0.3 is 19.2 Å². The Hall–Kier alpha value is -3.51. The van der Waals surface area contributed by atoms with Crippen LogP contribution in [-0.4, -0.2) is 25.1 Å². The van der Waals surface area contributed by atoms with Gasteiger partial charge in [-0.05, 0) is 42.5 Å². The van der Waals surface area contributed by atoms with Gasteiger partial charge in [-0.3, -0.25) is 4.79 Å². The number of benzene rings is 3. The average molecular weight is 409 g/mol. The summed E-state index contributed by atoms with van der Waals surface area (Å²) in [6, 6.07) is 17.6. The Morgan fingerprint density at radius 2 is 1.79 bits per heavy atom. The minimum absolute atomic E-state index is 0.281. The van der Waals surface area contributed by atoms with Crippen LogP contribution in [0.4, 0.5) is 5.69 Å². The third-order valence-electron chi connectivity index (χ3n) is 4.40. The molecule has 6 nitrogen and oxygen atoms in total. The van der Waals surface area contributed by atoms with Crippen LogP contribution in [0.3, 0.4) is 0 Å². The second-order valence-corrected chi connectivity index (χ2v) is 6.61. The second-order valence-electron chi connectivity index (χ2n) is 6.21. The molecule has 29 heavy (non-hydrogen) atoms. The number of nitrogens with one attached hydrogen (secondary N) is 1. The van der Waals surface area contributed by atoms with Crippen LogP contribution in [0.5, 0.6) is 11.5 Å². The topological polar surface area (TPSA) is 73.6 Å². The van der Waals surface area contributed by atoms with E-state index < -0.39 is 0 Å². The molecule has 0 saturated carbocycles. The molecule has 1 aromatic heterocycles. The lowest BCUT2D eigenvalue weighted by molar-refractivity contribution is 0.102. The van der Waals surface area contributed by atoms with E-state index in [9.17, 15) is 4.79 Å². The number of ether oxygens (including phenoxy) is 2. The number of amides is 1. The molecule has 4 aromatic rings. The first-order chi connectivity index (χ1) is 14.1. The van der Waals surface area contributed by atoms with Crippen molar-refractivity contribution in [2.24, 2.45) is 0 Å². The maximum absolute atomic E-state index is 12.6. The molecular weight excluding hydrogens is 392 g/mol. The van der Waals surface area contributed by atoms with E-state index in [2.05, 4.69) is 10.3 Å². The lowest BCUT2D eigenvalue weighted by atomic mass is 10.2. The number of anilines is 1. The highest BCUT2D eigenvalue weighted by Gasteiger charge is 2.14. The molecule has 146 valence electrons. The van der Waals surface area contributed by atoms with E-state index in [1.54, 1.807) is 49.6 Å². The van der Waals surface area contributed by atoms with Gasteiger partial charge in [0.15, 0.2) is 17.1 Å². The SMILES string of the molecule is COc1ccc(C(=O)Nc2ccc3nc(-c4ccccc4Cl)oc3c2)cc1OC. The quantitative estimate of drug-likeness (QED) is 0.477. The number of carbonyl (C=O) groups is 1. The first kappa shape index (κ1) is 18.8. The van der Waals surface area contributed by atoms with Crippen molar-refractivity contribution in [1.82, 2.24) is 4.98 Å². The lowest BCUT2D eigenvalue weighted by Gasteiger charge is -2.10. The van der Waals surface area contributed by atoms with Gasteiger partial charge >= 0.3 is 0 Å². The van der Waals surface area contributed by atoms with Crippen LogP contribution in [0.15, 0.2) is 65.1 Å². The van der Waals surface area contributed by atoms with Crippen LogP contribution in [0.25, 0.3) is 22.6 Å². The molecule has 4 rings (SSSR count). The summed E-state index contributed by atoms with van der Waals surface area (Å²) in [6.07, 6.45) is 0. The molecule has 7 heteroatoms. The van der Waals surface area contributed by atoms with Crippen molar-refractivity contribution in [2.75, 3.05) is 19.5 Å². The van der Waals surface area contributed by atoms with Gasteiger partial charge in [0.1, 0.15) is 5.52 Å². The number of fused-ring (bicyclic) bond motifs is 1. The highest BCUT2D eigenvalue weighted by molar-refractivity contribution is 6.33. The van der Waals surface area contributed by atoms with Crippen LogP contribution in [0, 0.1) is 0 Å². The number of rotatable bonds is 5. The summed E-state index contributed by atoms with van der Waals surface area (Å²) >= 11 is 6.22. The van der Waals surface area contributed by atoms with Gasteiger partial charge in [0.25, 0.3) is 5.91 Å². The van der Waals surface area contributed by atoms with Crippen molar-refractivity contribution < 1.29 is 18.7 Å². The van der Waals surface area contributed by atoms with Crippen molar-refractivity contribution in [1.29, 1.82) is 0 Å². The number of hydrogen-bond donors (Lipinski definition) is 1. The predicted octanol–water partition coefficient (Wildman–Crippen LogP) is 5.42. The highest BCUT2D eigenvalue weighted by atomic mass is 35.5. The first-order valence-electron chi connectivity index (χ1n) is 8.78. The molecule has 0 atom stereocenters. The molecule has 3 aromatic carbocycles. The molecule has 0 aliphatic rings. The molecule has 0 spiro atoms. The predicted molar refractivity (Wildman–Crippen MR) is 112 cm³/mol. The summed E-state index contributed by atoms with van der Waals surface area (Å²) < 4.78 is 16.3. The average Bonchev–Trinajstić information content (AvgIpc) is 3.16. The summed E-state index contributed by atoms with van der Waals surface area (Å²) in [4.78, 5) is 17.1. The lowest BCUT2D eigenvalue weighted by Crippen LogP contribution is -2.12. The van der Waals surface area contributed by atoms with E-state index in [1.807, 2.05) is 18.2 Å². The van der Waals surface area contributed by atoms with Crippen LogP contribution in [-0.2, 0) is 0 Å². The Balaban J connectivity index is 1.60. The summed E-state index contributed by atoms with van der Waals surface area (Å²) in [5.74, 6) is 1.18. The fourth-order valence-corrected chi connectivity index (χ4v) is 3.15. The van der Waals surface area contributed by atoms with Gasteiger partial charge in [-0.25, -0.2) is 4.98 Å². The summed E-state index contributed by atoms with van der Waals surface area (Å²) in [5.41, 5.74) is 2.95. The number of hydrogen-bond acceptors (Lipinski definition) is 5. The minimum Gasteiger partial charge on any atom is -0.493 e. The van der Waals surface area contributed by atoms with E-state index in [1.165, 1.54) is 7.11 Å². The molecular formula is C22H17ClN2O4. The third-order valence-corrected chi connectivity index (χ3v) is 4.73. The Bertz CT molecular complexity index is 1200. The van der Waals surface area contributed by atoms with Crippen LogP contribution < -0.4 is 14.8 Å². The molecule has 1 amide bonds. The van der Waals surface area contributed by atoms with Crippen LogP contribution in [0.2, 0.25) is 5.02 Å². The molecule has 0 saturated heterocycles. The van der Waals surface area contributed by atoms with Crippen molar-refractivity contribution in [3.63, 3.8) is 0 Å². The largest absolute Gasteiger partial charge is 0.493 e. The molecule has 0 bridgehead atoms. The number of aromatic nitrogens is 1. The molecule has 1 heterocycles. The highest BCUT2D eigenvalue weighted by Crippen LogP contribution is 2.31. The number of carbonyl (C=O) groups excluding carboxylic acids is 1. The van der Waals surface area contributed by atoms with Gasteiger partial charge in [-0.15, -0.1) is 0 Å². The number of methoxy groups -OCH3 is 2. The Kier molecular flexibility index (Phi) is 5.10. The van der Waals surface area contributed by atoms with Crippen LogP contribution >= 0.6 is 11.6 Å². The number of halogens is 1. The molecule has 0 unspecified atom stereocenters. The molecule has 1 N–H and O–H groups in total. The Labute approximate surface area is 172 Å². The van der Waals surface area contributed by atoms with Gasteiger partial charge in [0.2, 0.25) is 5.89 Å². The fourth-order valence-electron chi connectivity index (χ4n) is 2.93. The van der Waals surface area contributed by atoms with E-state index in [-0.39, 0.29) is 5.91 Å². The normalized spacial score (nSPS) is 10.7. The standard InChI is InChI=1S/C22H17ClN2O4/c1-27-18-10-7-13(11-20(18)28-2)21(26)24-14-8-9-17-19(12-14)29-22(25-17)15-5-3-4-6-16(15)23/h3-12H,1-2H3,(H,24,26). The van der Waals surface area contributed by atoms with Gasteiger partial charge in [-0.1, -0.05) is 23.7 Å². The summed E-state index contributed by atoms with van der Waals surface area (Å²) in [5, 5.41) is 3.41. The maximum atomic E-state index is 12.6.